The van der Waals surface area contributed by atoms with Crippen LogP contribution in [-0.4, -0.2) is 33.7 Å². The van der Waals surface area contributed by atoms with Crippen molar-refractivity contribution in [3.63, 3.8) is 0 Å². The molecule has 2 N–H and O–H groups in total. The largest absolute Gasteiger partial charge is 0.467 e. The summed E-state index contributed by atoms with van der Waals surface area (Å²) >= 11 is 0. The number of likely N-dealkylation sites (tertiary alicyclic amines) is 1. The number of furan rings is 1. The zero-order valence-corrected chi connectivity index (χ0v) is 12.2. The van der Waals surface area contributed by atoms with Gasteiger partial charge in [-0.3, -0.25) is 9.48 Å². The summed E-state index contributed by atoms with van der Waals surface area (Å²) in [5, 5.41) is 4.37. The van der Waals surface area contributed by atoms with Crippen molar-refractivity contribution in [3.05, 3.63) is 41.6 Å². The van der Waals surface area contributed by atoms with Gasteiger partial charge in [0.05, 0.1) is 24.3 Å². The highest BCUT2D eigenvalue weighted by Gasteiger charge is 2.26. The van der Waals surface area contributed by atoms with E-state index in [0.717, 1.165) is 24.9 Å². The molecule has 2 aromatic heterocycles. The molecule has 0 radical (unpaired) electrons. The van der Waals surface area contributed by atoms with Gasteiger partial charge in [-0.25, -0.2) is 0 Å². The molecular formula is C15H20N4O2. The molecule has 3 heterocycles. The van der Waals surface area contributed by atoms with Crippen molar-refractivity contribution >= 4 is 5.91 Å². The molecule has 0 bridgehead atoms. The fourth-order valence-corrected chi connectivity index (χ4v) is 2.77. The second-order valence-electron chi connectivity index (χ2n) is 5.55. The molecule has 1 fully saturated rings. The highest BCUT2D eigenvalue weighted by Crippen LogP contribution is 2.23. The van der Waals surface area contributed by atoms with Gasteiger partial charge >= 0.3 is 0 Å². The minimum atomic E-state index is 0.00651. The van der Waals surface area contributed by atoms with E-state index in [-0.39, 0.29) is 11.9 Å². The molecule has 1 aliphatic rings. The van der Waals surface area contributed by atoms with Crippen LogP contribution in [0.25, 0.3) is 0 Å². The molecule has 21 heavy (non-hydrogen) atoms. The minimum Gasteiger partial charge on any atom is -0.467 e. The van der Waals surface area contributed by atoms with Crippen LogP contribution in [0.15, 0.2) is 29.1 Å². The summed E-state index contributed by atoms with van der Waals surface area (Å²) in [6.07, 6.45) is 7.40. The van der Waals surface area contributed by atoms with E-state index < -0.39 is 0 Å². The van der Waals surface area contributed by atoms with Gasteiger partial charge in [0.1, 0.15) is 12.0 Å². The number of aryl methyl sites for hydroxylation is 1. The van der Waals surface area contributed by atoms with Gasteiger partial charge in [0.25, 0.3) is 5.91 Å². The fourth-order valence-electron chi connectivity index (χ4n) is 2.77. The number of piperidine rings is 1. The maximum atomic E-state index is 12.5. The topological polar surface area (TPSA) is 77.3 Å². The van der Waals surface area contributed by atoms with Crippen LogP contribution in [0.4, 0.5) is 0 Å². The van der Waals surface area contributed by atoms with E-state index in [1.807, 2.05) is 28.9 Å². The zero-order chi connectivity index (χ0) is 14.8. The number of rotatable bonds is 3. The molecule has 112 valence electrons. The van der Waals surface area contributed by atoms with Gasteiger partial charge in [0, 0.05) is 19.3 Å². The lowest BCUT2D eigenvalue weighted by molar-refractivity contribution is 0.0672. The number of carbonyl (C=O) groups is 1. The third-order valence-electron chi connectivity index (χ3n) is 3.89. The van der Waals surface area contributed by atoms with Gasteiger partial charge in [-0.1, -0.05) is 0 Å². The first-order chi connectivity index (χ1) is 10.2. The SMILES string of the molecule is Cc1cnn(C2CCCN(C(=O)c3coc(CN)c3)C2)c1. The summed E-state index contributed by atoms with van der Waals surface area (Å²) in [4.78, 5) is 14.4. The van der Waals surface area contributed by atoms with Gasteiger partial charge in [0.2, 0.25) is 0 Å². The average molecular weight is 288 g/mol. The Hall–Kier alpha value is -2.08. The number of nitrogens with zero attached hydrogens (tertiary/aromatic N) is 3. The molecule has 0 spiro atoms. The molecule has 6 heteroatoms. The quantitative estimate of drug-likeness (QED) is 0.933. The van der Waals surface area contributed by atoms with Crippen LogP contribution >= 0.6 is 0 Å². The molecule has 0 aromatic carbocycles. The first kappa shape index (κ1) is 13.9. The Kier molecular flexibility index (Phi) is 3.79. The van der Waals surface area contributed by atoms with Crippen molar-refractivity contribution in [2.24, 2.45) is 5.73 Å². The number of carbonyl (C=O) groups excluding carboxylic acids is 1. The lowest BCUT2D eigenvalue weighted by Crippen LogP contribution is -2.40. The molecule has 0 saturated carbocycles. The predicted octanol–water partition coefficient (Wildman–Crippen LogP) is 1.72. The number of nitrogens with two attached hydrogens (primary N) is 1. The van der Waals surface area contributed by atoms with Crippen LogP contribution in [0.1, 0.15) is 40.6 Å². The van der Waals surface area contributed by atoms with Gasteiger partial charge < -0.3 is 15.1 Å². The van der Waals surface area contributed by atoms with Crippen LogP contribution in [-0.2, 0) is 6.54 Å². The van der Waals surface area contributed by atoms with Crippen molar-refractivity contribution in [2.45, 2.75) is 32.4 Å². The second kappa shape index (κ2) is 5.73. The second-order valence-corrected chi connectivity index (χ2v) is 5.55. The third kappa shape index (κ3) is 2.85. The maximum Gasteiger partial charge on any atom is 0.257 e. The van der Waals surface area contributed by atoms with Gasteiger partial charge in [-0.2, -0.15) is 5.10 Å². The van der Waals surface area contributed by atoms with E-state index in [0.29, 0.717) is 24.4 Å². The van der Waals surface area contributed by atoms with Crippen molar-refractivity contribution in [2.75, 3.05) is 13.1 Å². The summed E-state index contributed by atoms with van der Waals surface area (Å²) < 4.78 is 7.22. The zero-order valence-electron chi connectivity index (χ0n) is 12.2. The highest BCUT2D eigenvalue weighted by molar-refractivity contribution is 5.94. The van der Waals surface area contributed by atoms with Crippen molar-refractivity contribution < 1.29 is 9.21 Å². The van der Waals surface area contributed by atoms with Crippen molar-refractivity contribution in [3.8, 4) is 0 Å². The summed E-state index contributed by atoms with van der Waals surface area (Å²) in [7, 11) is 0. The molecule has 3 rings (SSSR count). The Morgan fingerprint density at radius 2 is 2.43 bits per heavy atom. The van der Waals surface area contributed by atoms with E-state index in [1.54, 1.807) is 6.07 Å². The maximum absolute atomic E-state index is 12.5. The smallest absolute Gasteiger partial charge is 0.257 e. The standard InChI is InChI=1S/C15H20N4O2/c1-11-7-17-19(8-11)13-3-2-4-18(9-13)15(20)12-5-14(6-16)21-10-12/h5,7-8,10,13H,2-4,6,9,16H2,1H3. The molecular weight excluding hydrogens is 268 g/mol. The summed E-state index contributed by atoms with van der Waals surface area (Å²) in [5.74, 6) is 0.640. The number of aromatic nitrogens is 2. The van der Waals surface area contributed by atoms with Crippen LogP contribution in [0.5, 0.6) is 0 Å². The predicted molar refractivity (Wildman–Crippen MR) is 77.7 cm³/mol. The summed E-state index contributed by atoms with van der Waals surface area (Å²) in [6, 6.07) is 1.97. The average Bonchev–Trinajstić information content (AvgIpc) is 3.15. The number of amides is 1. The Labute approximate surface area is 123 Å². The van der Waals surface area contributed by atoms with Crippen LogP contribution in [0, 0.1) is 6.92 Å². The molecule has 6 nitrogen and oxygen atoms in total. The molecule has 1 amide bonds. The third-order valence-corrected chi connectivity index (χ3v) is 3.89. The lowest BCUT2D eigenvalue weighted by atomic mass is 10.1. The summed E-state index contributed by atoms with van der Waals surface area (Å²) in [5.41, 5.74) is 7.23. The van der Waals surface area contributed by atoms with E-state index in [9.17, 15) is 4.79 Å². The monoisotopic (exact) mass is 288 g/mol. The van der Waals surface area contributed by atoms with Crippen molar-refractivity contribution in [1.29, 1.82) is 0 Å². The minimum absolute atomic E-state index is 0.00651. The van der Waals surface area contributed by atoms with Gasteiger partial charge in [0.15, 0.2) is 0 Å². The highest BCUT2D eigenvalue weighted by atomic mass is 16.3. The van der Waals surface area contributed by atoms with Gasteiger partial charge in [-0.05, 0) is 31.4 Å². The van der Waals surface area contributed by atoms with Crippen LogP contribution < -0.4 is 5.73 Å². The van der Waals surface area contributed by atoms with E-state index >= 15 is 0 Å². The number of hydrogen-bond acceptors (Lipinski definition) is 4. The van der Waals surface area contributed by atoms with Crippen molar-refractivity contribution in [1.82, 2.24) is 14.7 Å². The lowest BCUT2D eigenvalue weighted by Gasteiger charge is -2.32. The first-order valence-corrected chi connectivity index (χ1v) is 7.25. The van der Waals surface area contributed by atoms with Crippen LogP contribution in [0.3, 0.4) is 0 Å². The molecule has 0 aliphatic carbocycles. The van der Waals surface area contributed by atoms with E-state index in [4.69, 9.17) is 10.2 Å². The van der Waals surface area contributed by atoms with Gasteiger partial charge in [-0.15, -0.1) is 0 Å². The van der Waals surface area contributed by atoms with E-state index in [2.05, 4.69) is 5.10 Å². The molecule has 1 saturated heterocycles. The first-order valence-electron chi connectivity index (χ1n) is 7.25. The molecule has 2 aromatic rings. The van der Waals surface area contributed by atoms with E-state index in [1.165, 1.54) is 6.26 Å². The Bertz CT molecular complexity index is 631. The number of hydrogen-bond donors (Lipinski definition) is 1. The van der Waals surface area contributed by atoms with Crippen LogP contribution in [0.2, 0.25) is 0 Å². The summed E-state index contributed by atoms with van der Waals surface area (Å²) in [6.45, 7) is 3.79. The molecule has 1 aliphatic heterocycles. The molecule has 1 atom stereocenters. The molecule has 1 unspecified atom stereocenters. The Morgan fingerprint density at radius 3 is 3.10 bits per heavy atom. The fraction of sp³-hybridized carbons (Fsp3) is 0.467. The Morgan fingerprint density at radius 1 is 1.57 bits per heavy atom. The Balaban J connectivity index is 1.72. The normalized spacial score (nSPS) is 19.0.